The molecule has 0 radical (unpaired) electrons. The molecule has 0 atom stereocenters. The van der Waals surface area contributed by atoms with Crippen LogP contribution in [0.4, 0.5) is 0 Å². The smallest absolute Gasteiger partial charge is 0.0207 e. The van der Waals surface area contributed by atoms with E-state index < -0.39 is 0 Å². The molecule has 0 nitrogen and oxygen atoms in total. The minimum Gasteiger partial charge on any atom is -0.0616 e. The van der Waals surface area contributed by atoms with Crippen LogP contribution in [0.3, 0.4) is 0 Å². The molecule has 1 heteroatoms. The summed E-state index contributed by atoms with van der Waals surface area (Å²) in [6, 6.07) is 37.7. The average Bonchev–Trinajstić information content (AvgIpc) is 2.84. The first-order valence-corrected chi connectivity index (χ1v) is 12.1. The van der Waals surface area contributed by atoms with Crippen molar-refractivity contribution >= 4 is 48.2 Å². The molecule has 0 saturated heterocycles. The maximum Gasteiger partial charge on any atom is 0.0207 e. The third kappa shape index (κ3) is 3.27. The summed E-state index contributed by atoms with van der Waals surface area (Å²) in [4.78, 5) is 0. The number of aryl methyl sites for hydroxylation is 2. The first-order chi connectivity index (χ1) is 16.1. The molecule has 6 aromatic rings. The summed E-state index contributed by atoms with van der Waals surface area (Å²) < 4.78 is 1.16. The van der Waals surface area contributed by atoms with Gasteiger partial charge in [0, 0.05) is 4.47 Å². The molecule has 0 N–H and O–H groups in total. The number of halogens is 1. The van der Waals surface area contributed by atoms with Gasteiger partial charge in [-0.2, -0.15) is 0 Å². The van der Waals surface area contributed by atoms with E-state index in [0.29, 0.717) is 0 Å². The SMILES string of the molecule is Cc1cc(-c2c3ccccc3c(-c3ccc4ccccc4c3)c3ccccc23)c(C)cc1Br. The zero-order valence-corrected chi connectivity index (χ0v) is 20.3. The van der Waals surface area contributed by atoms with E-state index in [2.05, 4.69) is 133 Å². The van der Waals surface area contributed by atoms with Gasteiger partial charge in [0.25, 0.3) is 0 Å². The van der Waals surface area contributed by atoms with E-state index >= 15 is 0 Å². The summed E-state index contributed by atoms with van der Waals surface area (Å²) >= 11 is 3.71. The van der Waals surface area contributed by atoms with Crippen molar-refractivity contribution in [3.05, 3.63) is 119 Å². The molecule has 0 unspecified atom stereocenters. The Morgan fingerprint density at radius 1 is 0.485 bits per heavy atom. The van der Waals surface area contributed by atoms with Crippen LogP contribution in [-0.4, -0.2) is 0 Å². The van der Waals surface area contributed by atoms with Gasteiger partial charge >= 0.3 is 0 Å². The van der Waals surface area contributed by atoms with Gasteiger partial charge in [-0.25, -0.2) is 0 Å². The Morgan fingerprint density at radius 2 is 1.03 bits per heavy atom. The lowest BCUT2D eigenvalue weighted by Gasteiger charge is -2.19. The lowest BCUT2D eigenvalue weighted by molar-refractivity contribution is 1.37. The Balaban J connectivity index is 1.78. The van der Waals surface area contributed by atoms with Crippen LogP contribution in [0.5, 0.6) is 0 Å². The van der Waals surface area contributed by atoms with Crippen LogP contribution in [-0.2, 0) is 0 Å². The van der Waals surface area contributed by atoms with E-state index in [1.54, 1.807) is 0 Å². The predicted octanol–water partition coefficient (Wildman–Crippen LogP) is 9.86. The Bertz CT molecular complexity index is 1630. The van der Waals surface area contributed by atoms with Gasteiger partial charge < -0.3 is 0 Å². The van der Waals surface area contributed by atoms with Crippen LogP contribution in [0.1, 0.15) is 11.1 Å². The van der Waals surface area contributed by atoms with Crippen molar-refractivity contribution in [2.75, 3.05) is 0 Å². The largest absolute Gasteiger partial charge is 0.0616 e. The fourth-order valence-corrected chi connectivity index (χ4v) is 5.58. The van der Waals surface area contributed by atoms with Crippen LogP contribution in [0.2, 0.25) is 0 Å². The molecular weight excluding hydrogens is 464 g/mol. The second-order valence-electron chi connectivity index (χ2n) is 8.82. The zero-order chi connectivity index (χ0) is 22.5. The molecule has 0 bridgehead atoms. The van der Waals surface area contributed by atoms with Crippen LogP contribution < -0.4 is 0 Å². The zero-order valence-electron chi connectivity index (χ0n) is 18.7. The highest BCUT2D eigenvalue weighted by molar-refractivity contribution is 9.10. The Kier molecular flexibility index (Phi) is 4.81. The Labute approximate surface area is 202 Å². The highest BCUT2D eigenvalue weighted by Gasteiger charge is 2.18. The van der Waals surface area contributed by atoms with Crippen molar-refractivity contribution in [2.24, 2.45) is 0 Å². The fraction of sp³-hybridized carbons (Fsp3) is 0.0625. The standard InChI is InChI=1S/C32H23Br/c1-20-18-30(33)21(2)17-29(20)32-27-13-7-5-11-25(27)31(26-12-6-8-14-28(26)32)24-16-15-22-9-3-4-10-23(22)19-24/h3-19H,1-2H3. The number of hydrogen-bond donors (Lipinski definition) is 0. The molecule has 0 amide bonds. The minimum absolute atomic E-state index is 1.16. The van der Waals surface area contributed by atoms with Crippen molar-refractivity contribution < 1.29 is 0 Å². The van der Waals surface area contributed by atoms with E-state index in [1.165, 1.54) is 65.7 Å². The summed E-state index contributed by atoms with van der Waals surface area (Å²) in [5.74, 6) is 0. The molecule has 6 aromatic carbocycles. The van der Waals surface area contributed by atoms with E-state index in [0.717, 1.165) is 4.47 Å². The Hall–Kier alpha value is -3.42. The van der Waals surface area contributed by atoms with Gasteiger partial charge in [0.2, 0.25) is 0 Å². The molecule has 0 saturated carbocycles. The van der Waals surface area contributed by atoms with Crippen molar-refractivity contribution in [3.8, 4) is 22.3 Å². The predicted molar refractivity (Wildman–Crippen MR) is 147 cm³/mol. The topological polar surface area (TPSA) is 0 Å². The molecule has 0 heterocycles. The molecule has 0 aromatic heterocycles. The number of hydrogen-bond acceptors (Lipinski definition) is 0. The summed E-state index contributed by atoms with van der Waals surface area (Å²) in [6.45, 7) is 4.38. The van der Waals surface area contributed by atoms with Gasteiger partial charge in [0.15, 0.2) is 0 Å². The van der Waals surface area contributed by atoms with Gasteiger partial charge in [-0.05, 0) is 91.7 Å². The van der Waals surface area contributed by atoms with E-state index in [-0.39, 0.29) is 0 Å². The first kappa shape index (κ1) is 20.2. The van der Waals surface area contributed by atoms with Crippen LogP contribution >= 0.6 is 15.9 Å². The summed E-state index contributed by atoms with van der Waals surface area (Å²) in [5.41, 5.74) is 7.72. The average molecular weight is 487 g/mol. The van der Waals surface area contributed by atoms with E-state index in [4.69, 9.17) is 0 Å². The summed E-state index contributed by atoms with van der Waals surface area (Å²) in [7, 11) is 0. The lowest BCUT2D eigenvalue weighted by Crippen LogP contribution is -1.93. The molecule has 0 spiro atoms. The number of fused-ring (bicyclic) bond motifs is 3. The number of rotatable bonds is 2. The molecule has 33 heavy (non-hydrogen) atoms. The Morgan fingerprint density at radius 3 is 1.67 bits per heavy atom. The van der Waals surface area contributed by atoms with Crippen molar-refractivity contribution in [2.45, 2.75) is 13.8 Å². The van der Waals surface area contributed by atoms with Crippen LogP contribution in [0, 0.1) is 13.8 Å². The molecule has 0 fully saturated rings. The fourth-order valence-electron chi connectivity index (χ4n) is 5.12. The molecule has 6 rings (SSSR count). The highest BCUT2D eigenvalue weighted by Crippen LogP contribution is 2.45. The normalized spacial score (nSPS) is 11.5. The van der Waals surface area contributed by atoms with Crippen molar-refractivity contribution in [1.82, 2.24) is 0 Å². The van der Waals surface area contributed by atoms with Crippen molar-refractivity contribution in [3.63, 3.8) is 0 Å². The molecule has 0 aliphatic carbocycles. The summed E-state index contributed by atoms with van der Waals surface area (Å²) in [6.07, 6.45) is 0. The van der Waals surface area contributed by atoms with Gasteiger partial charge in [-0.15, -0.1) is 0 Å². The molecular formula is C32H23Br. The highest BCUT2D eigenvalue weighted by atomic mass is 79.9. The number of benzene rings is 6. The van der Waals surface area contributed by atoms with Gasteiger partial charge in [0.1, 0.15) is 0 Å². The third-order valence-electron chi connectivity index (χ3n) is 6.74. The molecule has 158 valence electrons. The second kappa shape index (κ2) is 7.86. The van der Waals surface area contributed by atoms with Crippen molar-refractivity contribution in [1.29, 1.82) is 0 Å². The second-order valence-corrected chi connectivity index (χ2v) is 9.67. The first-order valence-electron chi connectivity index (χ1n) is 11.3. The molecule has 0 aliphatic heterocycles. The third-order valence-corrected chi connectivity index (χ3v) is 7.60. The van der Waals surface area contributed by atoms with E-state index in [1.807, 2.05) is 0 Å². The quantitative estimate of drug-likeness (QED) is 0.213. The summed E-state index contributed by atoms with van der Waals surface area (Å²) in [5, 5.41) is 7.72. The lowest BCUT2D eigenvalue weighted by atomic mass is 9.84. The maximum absolute atomic E-state index is 3.71. The van der Waals surface area contributed by atoms with Gasteiger partial charge in [-0.3, -0.25) is 0 Å². The molecule has 0 aliphatic rings. The monoisotopic (exact) mass is 486 g/mol. The van der Waals surface area contributed by atoms with Gasteiger partial charge in [0.05, 0.1) is 0 Å². The minimum atomic E-state index is 1.16. The van der Waals surface area contributed by atoms with E-state index in [9.17, 15) is 0 Å². The van der Waals surface area contributed by atoms with Gasteiger partial charge in [-0.1, -0.05) is 107 Å². The maximum atomic E-state index is 3.71. The van der Waals surface area contributed by atoms with Crippen LogP contribution in [0.15, 0.2) is 108 Å². The van der Waals surface area contributed by atoms with Crippen LogP contribution in [0.25, 0.3) is 54.6 Å².